The predicted octanol–water partition coefficient (Wildman–Crippen LogP) is 4.03. The first-order valence-electron chi connectivity index (χ1n) is 9.35. The molecule has 1 aliphatic rings. The van der Waals surface area contributed by atoms with Crippen molar-refractivity contribution >= 4 is 5.65 Å². The number of oxazole rings is 1. The largest absolute Gasteiger partial charge is 0.441 e. The number of hydrogen-bond donors (Lipinski definition) is 0. The lowest BCUT2D eigenvalue weighted by Crippen LogP contribution is -2.24. The second-order valence-electron chi connectivity index (χ2n) is 7.00. The molecule has 1 aliphatic heterocycles. The minimum absolute atomic E-state index is 0.249. The Hall–Kier alpha value is -2.99. The molecule has 6 heteroatoms. The lowest BCUT2D eigenvalue weighted by molar-refractivity contribution is 0.235. The Bertz CT molecular complexity index is 1070. The van der Waals surface area contributed by atoms with Crippen molar-refractivity contribution in [1.82, 2.24) is 24.5 Å². The lowest BCUT2D eigenvalue weighted by Gasteiger charge is -2.22. The van der Waals surface area contributed by atoms with Gasteiger partial charge in [0.2, 0.25) is 5.89 Å². The first-order valence-corrected chi connectivity index (χ1v) is 9.35. The van der Waals surface area contributed by atoms with Crippen molar-refractivity contribution in [2.45, 2.75) is 32.4 Å². The fraction of sp³-hybridized carbons (Fsp3) is 0.286. The van der Waals surface area contributed by atoms with Crippen LogP contribution in [0.5, 0.6) is 0 Å². The van der Waals surface area contributed by atoms with E-state index in [4.69, 9.17) is 9.40 Å². The highest BCUT2D eigenvalue weighted by molar-refractivity contribution is 5.53. The second-order valence-corrected chi connectivity index (χ2v) is 7.00. The molecule has 0 spiro atoms. The minimum atomic E-state index is 0.249. The first-order chi connectivity index (χ1) is 13.3. The number of benzene rings is 1. The standard InChI is InChI=1S/C21H21N5O/c1-15-17(22-21(27-15)16-8-3-2-4-9-16)14-25-12-7-10-18(25)20-24-23-19-11-5-6-13-26(19)20/h2-6,8-9,11,13,18H,7,10,12,14H2,1H3. The van der Waals surface area contributed by atoms with Gasteiger partial charge in [-0.15, -0.1) is 10.2 Å². The van der Waals surface area contributed by atoms with Gasteiger partial charge in [-0.1, -0.05) is 24.3 Å². The summed E-state index contributed by atoms with van der Waals surface area (Å²) < 4.78 is 8.03. The molecule has 27 heavy (non-hydrogen) atoms. The quantitative estimate of drug-likeness (QED) is 0.551. The van der Waals surface area contributed by atoms with Gasteiger partial charge in [-0.2, -0.15) is 0 Å². The molecule has 136 valence electrons. The number of hydrogen-bond acceptors (Lipinski definition) is 5. The highest BCUT2D eigenvalue weighted by atomic mass is 16.4. The van der Waals surface area contributed by atoms with Gasteiger partial charge in [0.25, 0.3) is 0 Å². The van der Waals surface area contributed by atoms with Crippen molar-refractivity contribution in [1.29, 1.82) is 0 Å². The monoisotopic (exact) mass is 359 g/mol. The van der Waals surface area contributed by atoms with Crippen LogP contribution in [0.3, 0.4) is 0 Å². The summed E-state index contributed by atoms with van der Waals surface area (Å²) in [5.41, 5.74) is 2.89. The smallest absolute Gasteiger partial charge is 0.226 e. The first kappa shape index (κ1) is 16.2. The van der Waals surface area contributed by atoms with Crippen molar-refractivity contribution in [2.24, 2.45) is 0 Å². The Morgan fingerprint density at radius 1 is 1.07 bits per heavy atom. The molecule has 0 bridgehead atoms. The van der Waals surface area contributed by atoms with E-state index in [0.29, 0.717) is 5.89 Å². The molecule has 4 aromatic rings. The maximum absolute atomic E-state index is 5.94. The van der Waals surface area contributed by atoms with E-state index in [2.05, 4.69) is 19.5 Å². The number of nitrogens with zero attached hydrogens (tertiary/aromatic N) is 5. The zero-order valence-electron chi connectivity index (χ0n) is 15.2. The highest BCUT2D eigenvalue weighted by Crippen LogP contribution is 2.33. The molecule has 0 N–H and O–H groups in total. The van der Waals surface area contributed by atoms with Gasteiger partial charge in [0, 0.05) is 18.3 Å². The third-order valence-corrected chi connectivity index (χ3v) is 5.27. The molecule has 1 atom stereocenters. The Balaban J connectivity index is 1.43. The third-order valence-electron chi connectivity index (χ3n) is 5.27. The second kappa shape index (κ2) is 6.63. The minimum Gasteiger partial charge on any atom is -0.441 e. The zero-order chi connectivity index (χ0) is 18.2. The fourth-order valence-corrected chi connectivity index (χ4v) is 3.87. The van der Waals surface area contributed by atoms with Crippen molar-refractivity contribution in [2.75, 3.05) is 6.54 Å². The number of pyridine rings is 1. The summed E-state index contributed by atoms with van der Waals surface area (Å²) in [5, 5.41) is 8.79. The van der Waals surface area contributed by atoms with E-state index in [1.165, 1.54) is 0 Å². The summed E-state index contributed by atoms with van der Waals surface area (Å²) in [6.07, 6.45) is 4.27. The SMILES string of the molecule is Cc1oc(-c2ccccc2)nc1CN1CCCC1c1nnc2ccccn12. The summed E-state index contributed by atoms with van der Waals surface area (Å²) in [5.74, 6) is 2.57. The van der Waals surface area contributed by atoms with Crippen LogP contribution in [0.25, 0.3) is 17.1 Å². The van der Waals surface area contributed by atoms with E-state index in [9.17, 15) is 0 Å². The number of likely N-dealkylation sites (tertiary alicyclic amines) is 1. The molecule has 5 rings (SSSR count). The van der Waals surface area contributed by atoms with Crippen LogP contribution in [-0.4, -0.2) is 31.0 Å². The van der Waals surface area contributed by atoms with Crippen molar-refractivity contribution in [3.63, 3.8) is 0 Å². The molecule has 6 nitrogen and oxygen atoms in total. The molecule has 1 fully saturated rings. The average Bonchev–Trinajstić information content (AvgIpc) is 3.42. The van der Waals surface area contributed by atoms with E-state index < -0.39 is 0 Å². The molecule has 0 saturated carbocycles. The van der Waals surface area contributed by atoms with Crippen molar-refractivity contribution < 1.29 is 4.42 Å². The van der Waals surface area contributed by atoms with Crippen LogP contribution >= 0.6 is 0 Å². The van der Waals surface area contributed by atoms with Gasteiger partial charge in [0.15, 0.2) is 11.5 Å². The van der Waals surface area contributed by atoms with Gasteiger partial charge in [-0.25, -0.2) is 4.98 Å². The van der Waals surface area contributed by atoms with Crippen LogP contribution in [0, 0.1) is 6.92 Å². The Morgan fingerprint density at radius 3 is 2.81 bits per heavy atom. The molecule has 1 unspecified atom stereocenters. The molecular formula is C21H21N5O. The number of aryl methyl sites for hydroxylation is 1. The highest BCUT2D eigenvalue weighted by Gasteiger charge is 2.31. The Labute approximate surface area is 157 Å². The topological polar surface area (TPSA) is 59.5 Å². The molecule has 4 heterocycles. The van der Waals surface area contributed by atoms with Gasteiger partial charge < -0.3 is 4.42 Å². The van der Waals surface area contributed by atoms with Crippen LogP contribution in [0.4, 0.5) is 0 Å². The summed E-state index contributed by atoms with van der Waals surface area (Å²) in [6, 6.07) is 16.3. The van der Waals surface area contributed by atoms with Gasteiger partial charge in [-0.3, -0.25) is 9.30 Å². The Morgan fingerprint density at radius 2 is 1.93 bits per heavy atom. The zero-order valence-corrected chi connectivity index (χ0v) is 15.2. The van der Waals surface area contributed by atoms with Crippen LogP contribution < -0.4 is 0 Å². The molecule has 1 saturated heterocycles. The normalized spacial score (nSPS) is 17.7. The van der Waals surface area contributed by atoms with Crippen LogP contribution in [0.15, 0.2) is 59.1 Å². The van der Waals surface area contributed by atoms with Gasteiger partial charge in [0.05, 0.1) is 11.7 Å². The molecular weight excluding hydrogens is 338 g/mol. The number of aromatic nitrogens is 4. The van der Waals surface area contributed by atoms with Crippen LogP contribution in [0.2, 0.25) is 0 Å². The van der Waals surface area contributed by atoms with E-state index in [0.717, 1.165) is 54.4 Å². The van der Waals surface area contributed by atoms with Crippen LogP contribution in [0.1, 0.15) is 36.2 Å². The Kier molecular flexibility index (Phi) is 3.98. The molecule has 3 aromatic heterocycles. The van der Waals surface area contributed by atoms with E-state index in [1.807, 2.05) is 61.7 Å². The molecule has 0 radical (unpaired) electrons. The van der Waals surface area contributed by atoms with E-state index in [-0.39, 0.29) is 6.04 Å². The fourth-order valence-electron chi connectivity index (χ4n) is 3.87. The maximum atomic E-state index is 5.94. The summed E-state index contributed by atoms with van der Waals surface area (Å²) in [7, 11) is 0. The third kappa shape index (κ3) is 2.92. The predicted molar refractivity (Wildman–Crippen MR) is 102 cm³/mol. The maximum Gasteiger partial charge on any atom is 0.226 e. The molecule has 0 aliphatic carbocycles. The summed E-state index contributed by atoms with van der Waals surface area (Å²) >= 11 is 0. The van der Waals surface area contributed by atoms with Gasteiger partial charge >= 0.3 is 0 Å². The number of fused-ring (bicyclic) bond motifs is 1. The van der Waals surface area contributed by atoms with E-state index >= 15 is 0 Å². The van der Waals surface area contributed by atoms with Gasteiger partial charge in [-0.05, 0) is 50.6 Å². The summed E-state index contributed by atoms with van der Waals surface area (Å²) in [4.78, 5) is 7.20. The number of rotatable bonds is 4. The van der Waals surface area contributed by atoms with E-state index in [1.54, 1.807) is 0 Å². The van der Waals surface area contributed by atoms with Crippen molar-refractivity contribution in [3.8, 4) is 11.5 Å². The average molecular weight is 359 g/mol. The molecule has 0 amide bonds. The van der Waals surface area contributed by atoms with Crippen molar-refractivity contribution in [3.05, 3.63) is 72.0 Å². The van der Waals surface area contributed by atoms with Gasteiger partial charge in [0.1, 0.15) is 5.76 Å². The lowest BCUT2D eigenvalue weighted by atomic mass is 10.2. The summed E-state index contributed by atoms with van der Waals surface area (Å²) in [6.45, 7) is 3.78. The van der Waals surface area contributed by atoms with Crippen LogP contribution in [-0.2, 0) is 6.54 Å². The molecule has 1 aromatic carbocycles.